The first kappa shape index (κ1) is 12.3. The van der Waals surface area contributed by atoms with Crippen molar-refractivity contribution in [1.29, 1.82) is 0 Å². The molecule has 1 aliphatic carbocycles. The van der Waals surface area contributed by atoms with Gasteiger partial charge in [-0.1, -0.05) is 31.8 Å². The summed E-state index contributed by atoms with van der Waals surface area (Å²) in [7, 11) is 0. The Labute approximate surface area is 102 Å². The molecule has 0 radical (unpaired) electrons. The smallest absolute Gasteiger partial charge is 0.234 e. The summed E-state index contributed by atoms with van der Waals surface area (Å²) in [5, 5.41) is 3.90. The van der Waals surface area contributed by atoms with Crippen LogP contribution in [0, 0.1) is 11.8 Å². The summed E-state index contributed by atoms with van der Waals surface area (Å²) >= 11 is 0. The fraction of sp³-hybridized carbons (Fsp3) is 0.769. The van der Waals surface area contributed by atoms with E-state index >= 15 is 0 Å². The van der Waals surface area contributed by atoms with Crippen molar-refractivity contribution in [3.05, 3.63) is 11.7 Å². The first-order chi connectivity index (χ1) is 8.15. The van der Waals surface area contributed by atoms with Crippen LogP contribution < -0.4 is 0 Å². The van der Waals surface area contributed by atoms with E-state index in [9.17, 15) is 4.79 Å². The summed E-state index contributed by atoms with van der Waals surface area (Å²) in [6, 6.07) is 0. The van der Waals surface area contributed by atoms with Gasteiger partial charge < -0.3 is 4.52 Å². The lowest BCUT2D eigenvalue weighted by Crippen LogP contribution is -2.13. The van der Waals surface area contributed by atoms with Gasteiger partial charge in [0.1, 0.15) is 5.78 Å². The third kappa shape index (κ3) is 3.38. The molecule has 2 rings (SSSR count). The zero-order chi connectivity index (χ0) is 12.3. The number of hydrogen-bond donors (Lipinski definition) is 0. The Morgan fingerprint density at radius 1 is 1.41 bits per heavy atom. The molecule has 1 fully saturated rings. The summed E-state index contributed by atoms with van der Waals surface area (Å²) in [6.45, 7) is 4.22. The van der Waals surface area contributed by atoms with Crippen LogP contribution >= 0.6 is 0 Å². The van der Waals surface area contributed by atoms with Crippen molar-refractivity contribution in [2.24, 2.45) is 11.8 Å². The van der Waals surface area contributed by atoms with Crippen LogP contribution in [0.1, 0.15) is 51.2 Å². The van der Waals surface area contributed by atoms with Crippen LogP contribution in [0.5, 0.6) is 0 Å². The third-order valence-corrected chi connectivity index (χ3v) is 3.24. The normalized spacial score (nSPS) is 16.9. The molecule has 0 atom stereocenters. The van der Waals surface area contributed by atoms with Crippen LogP contribution in [0.25, 0.3) is 0 Å². The first-order valence-corrected chi connectivity index (χ1v) is 6.49. The lowest BCUT2D eigenvalue weighted by Gasteiger charge is -2.04. The quantitative estimate of drug-likeness (QED) is 0.788. The topological polar surface area (TPSA) is 56.0 Å². The van der Waals surface area contributed by atoms with Gasteiger partial charge in [-0.15, -0.1) is 0 Å². The van der Waals surface area contributed by atoms with Gasteiger partial charge >= 0.3 is 0 Å². The zero-order valence-corrected chi connectivity index (χ0v) is 10.6. The van der Waals surface area contributed by atoms with Crippen molar-refractivity contribution in [3.63, 3.8) is 0 Å². The Morgan fingerprint density at radius 3 is 2.76 bits per heavy atom. The Bertz CT molecular complexity index is 379. The highest BCUT2D eigenvalue weighted by atomic mass is 16.5. The van der Waals surface area contributed by atoms with E-state index in [1.165, 1.54) is 12.8 Å². The van der Waals surface area contributed by atoms with Crippen LogP contribution in [-0.4, -0.2) is 15.9 Å². The minimum absolute atomic E-state index is 0.232. The van der Waals surface area contributed by atoms with Gasteiger partial charge in [0.15, 0.2) is 5.82 Å². The van der Waals surface area contributed by atoms with Crippen LogP contribution in [0.2, 0.25) is 0 Å². The Kier molecular flexibility index (Phi) is 3.92. The number of nitrogens with zero attached hydrogens (tertiary/aromatic N) is 2. The maximum Gasteiger partial charge on any atom is 0.234 e. The molecule has 1 aliphatic rings. The largest absolute Gasteiger partial charge is 0.339 e. The molecular formula is C13H20N2O2. The molecule has 94 valence electrons. The molecule has 1 aromatic heterocycles. The van der Waals surface area contributed by atoms with E-state index < -0.39 is 0 Å². The minimum Gasteiger partial charge on any atom is -0.339 e. The summed E-state index contributed by atoms with van der Waals surface area (Å²) in [5.41, 5.74) is 0. The Balaban J connectivity index is 1.89. The second-order valence-electron chi connectivity index (χ2n) is 5.33. The Hall–Kier alpha value is -1.19. The summed E-state index contributed by atoms with van der Waals surface area (Å²) in [4.78, 5) is 16.2. The van der Waals surface area contributed by atoms with Crippen molar-refractivity contribution in [3.8, 4) is 0 Å². The number of ketones is 1. The van der Waals surface area contributed by atoms with Gasteiger partial charge in [0.2, 0.25) is 5.89 Å². The van der Waals surface area contributed by atoms with E-state index in [1.54, 1.807) is 0 Å². The standard InChI is InChI=1S/C13H20N2O2/c1-9(2)7-12-14-13(17-15-12)8-11(16)10-5-3-4-6-10/h9-10H,3-8H2,1-2H3. The Morgan fingerprint density at radius 2 is 2.12 bits per heavy atom. The molecule has 0 aromatic carbocycles. The second kappa shape index (κ2) is 5.43. The predicted octanol–water partition coefficient (Wildman–Crippen LogP) is 2.57. The van der Waals surface area contributed by atoms with E-state index in [0.29, 0.717) is 24.1 Å². The number of Topliss-reactive ketones (excluding diaryl/α,β-unsaturated/α-hetero) is 1. The molecule has 0 amide bonds. The fourth-order valence-corrected chi connectivity index (χ4v) is 2.35. The molecule has 17 heavy (non-hydrogen) atoms. The number of hydrogen-bond acceptors (Lipinski definition) is 4. The van der Waals surface area contributed by atoms with Crippen molar-refractivity contribution >= 4 is 5.78 Å². The minimum atomic E-state index is 0.232. The molecule has 1 saturated carbocycles. The highest BCUT2D eigenvalue weighted by Gasteiger charge is 2.24. The number of rotatable bonds is 5. The molecule has 0 saturated heterocycles. The average Bonchev–Trinajstić information content (AvgIpc) is 2.87. The van der Waals surface area contributed by atoms with Crippen molar-refractivity contribution in [2.45, 2.75) is 52.4 Å². The van der Waals surface area contributed by atoms with Gasteiger partial charge in [0.05, 0.1) is 6.42 Å². The molecule has 0 unspecified atom stereocenters. The van der Waals surface area contributed by atoms with E-state index in [-0.39, 0.29) is 11.7 Å². The van der Waals surface area contributed by atoms with E-state index in [4.69, 9.17) is 4.52 Å². The molecule has 4 heteroatoms. The maximum atomic E-state index is 11.9. The molecule has 4 nitrogen and oxygen atoms in total. The van der Waals surface area contributed by atoms with E-state index in [0.717, 1.165) is 19.3 Å². The van der Waals surface area contributed by atoms with Crippen molar-refractivity contribution in [1.82, 2.24) is 10.1 Å². The van der Waals surface area contributed by atoms with Crippen LogP contribution in [-0.2, 0) is 17.6 Å². The highest BCUT2D eigenvalue weighted by Crippen LogP contribution is 2.26. The molecule has 1 heterocycles. The molecule has 0 N–H and O–H groups in total. The fourth-order valence-electron chi connectivity index (χ4n) is 2.35. The number of aromatic nitrogens is 2. The van der Waals surface area contributed by atoms with Gasteiger partial charge in [-0.05, 0) is 18.8 Å². The van der Waals surface area contributed by atoms with Crippen molar-refractivity contribution in [2.75, 3.05) is 0 Å². The monoisotopic (exact) mass is 236 g/mol. The number of carbonyl (C=O) groups excluding carboxylic acids is 1. The summed E-state index contributed by atoms with van der Waals surface area (Å²) in [6.07, 6.45) is 5.55. The average molecular weight is 236 g/mol. The third-order valence-electron chi connectivity index (χ3n) is 3.24. The van der Waals surface area contributed by atoms with Gasteiger partial charge in [-0.25, -0.2) is 0 Å². The second-order valence-corrected chi connectivity index (χ2v) is 5.33. The van der Waals surface area contributed by atoms with Gasteiger partial charge in [0.25, 0.3) is 0 Å². The number of carbonyl (C=O) groups is 1. The maximum absolute atomic E-state index is 11.9. The molecule has 0 aliphatic heterocycles. The predicted molar refractivity (Wildman–Crippen MR) is 63.5 cm³/mol. The lowest BCUT2D eigenvalue weighted by molar-refractivity contribution is -0.122. The van der Waals surface area contributed by atoms with Gasteiger partial charge in [-0.3, -0.25) is 4.79 Å². The highest BCUT2D eigenvalue weighted by molar-refractivity contribution is 5.82. The van der Waals surface area contributed by atoms with E-state index in [1.807, 2.05) is 0 Å². The molecule has 1 aromatic rings. The van der Waals surface area contributed by atoms with Crippen LogP contribution in [0.4, 0.5) is 0 Å². The summed E-state index contributed by atoms with van der Waals surface area (Å²) < 4.78 is 5.11. The van der Waals surface area contributed by atoms with Crippen LogP contribution in [0.3, 0.4) is 0 Å². The van der Waals surface area contributed by atoms with E-state index in [2.05, 4.69) is 24.0 Å². The van der Waals surface area contributed by atoms with Crippen molar-refractivity contribution < 1.29 is 9.32 Å². The van der Waals surface area contributed by atoms with Crippen LogP contribution in [0.15, 0.2) is 4.52 Å². The summed E-state index contributed by atoms with van der Waals surface area (Å²) in [5.74, 6) is 2.20. The van der Waals surface area contributed by atoms with Gasteiger partial charge in [-0.2, -0.15) is 4.98 Å². The molecule has 0 spiro atoms. The molecular weight excluding hydrogens is 216 g/mol. The first-order valence-electron chi connectivity index (χ1n) is 6.49. The van der Waals surface area contributed by atoms with Gasteiger partial charge in [0, 0.05) is 12.3 Å². The zero-order valence-electron chi connectivity index (χ0n) is 10.6. The SMILES string of the molecule is CC(C)Cc1noc(CC(=O)C2CCCC2)n1. The molecule has 0 bridgehead atoms. The lowest BCUT2D eigenvalue weighted by atomic mass is 10.0.